The number of benzene rings is 2. The summed E-state index contributed by atoms with van der Waals surface area (Å²) >= 11 is 6.14. The Morgan fingerprint density at radius 2 is 2.04 bits per heavy atom. The number of phenolic OH excluding ortho intramolecular Hbond substituents is 1. The predicted octanol–water partition coefficient (Wildman–Crippen LogP) is 3.26. The molecule has 6 heteroatoms. The molecule has 0 saturated carbocycles. The Hall–Kier alpha value is -2.79. The topological polar surface area (TPSA) is 67.2 Å². The number of aromatic nitrogens is 2. The second kappa shape index (κ2) is 7.85. The molecule has 2 aromatic carbocycles. The minimum atomic E-state index is -0.175. The van der Waals surface area contributed by atoms with Gasteiger partial charge in [-0.25, -0.2) is 0 Å². The highest BCUT2D eigenvalue weighted by molar-refractivity contribution is 6.31. The lowest BCUT2D eigenvalue weighted by Crippen LogP contribution is -2.25. The van der Waals surface area contributed by atoms with Gasteiger partial charge in [-0.1, -0.05) is 41.9 Å². The quantitative estimate of drug-likeness (QED) is 0.713. The second-order valence-electron chi connectivity index (χ2n) is 5.69. The minimum absolute atomic E-state index is 0.175. The van der Waals surface area contributed by atoms with Gasteiger partial charge in [-0.2, -0.15) is 5.10 Å². The van der Waals surface area contributed by atoms with Crippen LogP contribution in [0.2, 0.25) is 5.02 Å². The lowest BCUT2D eigenvalue weighted by atomic mass is 10.1. The third kappa shape index (κ3) is 4.61. The van der Waals surface area contributed by atoms with Gasteiger partial charge >= 0.3 is 0 Å². The van der Waals surface area contributed by atoms with E-state index in [0.717, 1.165) is 11.1 Å². The molecule has 5 nitrogen and oxygen atoms in total. The first-order valence-electron chi connectivity index (χ1n) is 7.94. The maximum atomic E-state index is 12.2. The van der Waals surface area contributed by atoms with Gasteiger partial charge in [0.15, 0.2) is 0 Å². The maximum absolute atomic E-state index is 12.2. The largest absolute Gasteiger partial charge is 0.508 e. The van der Waals surface area contributed by atoms with Gasteiger partial charge in [-0.3, -0.25) is 9.48 Å². The van der Waals surface area contributed by atoms with Gasteiger partial charge in [0.2, 0.25) is 0 Å². The van der Waals surface area contributed by atoms with Crippen LogP contribution in [0.15, 0.2) is 60.9 Å². The number of carbonyl (C=O) groups is 1. The van der Waals surface area contributed by atoms with Crippen molar-refractivity contribution in [2.24, 2.45) is 0 Å². The average Bonchev–Trinajstić information content (AvgIpc) is 3.06. The summed E-state index contributed by atoms with van der Waals surface area (Å²) in [6, 6.07) is 14.6. The van der Waals surface area contributed by atoms with Crippen LogP contribution in [-0.4, -0.2) is 27.3 Å². The summed E-state index contributed by atoms with van der Waals surface area (Å²) in [7, 11) is 0. The van der Waals surface area contributed by atoms with Crippen molar-refractivity contribution in [1.82, 2.24) is 15.1 Å². The normalized spacial score (nSPS) is 10.6. The molecule has 0 aliphatic heterocycles. The molecule has 3 rings (SSSR count). The van der Waals surface area contributed by atoms with E-state index in [0.29, 0.717) is 30.1 Å². The Balaban J connectivity index is 1.55. The van der Waals surface area contributed by atoms with Crippen molar-refractivity contribution < 1.29 is 9.90 Å². The van der Waals surface area contributed by atoms with Gasteiger partial charge < -0.3 is 10.4 Å². The molecule has 1 aromatic heterocycles. The fraction of sp³-hybridized carbons (Fsp3) is 0.158. The Morgan fingerprint density at radius 1 is 1.20 bits per heavy atom. The molecule has 0 unspecified atom stereocenters. The molecule has 3 aromatic rings. The third-order valence-electron chi connectivity index (χ3n) is 3.80. The lowest BCUT2D eigenvalue weighted by molar-refractivity contribution is 0.0954. The maximum Gasteiger partial charge on any atom is 0.254 e. The van der Waals surface area contributed by atoms with Crippen molar-refractivity contribution in [3.8, 4) is 5.75 Å². The molecule has 1 amide bonds. The Kier molecular flexibility index (Phi) is 5.36. The third-order valence-corrected chi connectivity index (χ3v) is 4.16. The highest BCUT2D eigenvalue weighted by atomic mass is 35.5. The molecular formula is C19H18ClN3O2. The molecular weight excluding hydrogens is 338 g/mol. The number of nitrogens with zero attached hydrogens (tertiary/aromatic N) is 2. The number of halogens is 1. The van der Waals surface area contributed by atoms with Crippen molar-refractivity contribution in [3.05, 3.63) is 82.6 Å². The SMILES string of the molecule is O=C(NCCc1cccc(O)c1)c1cnn(Cc2ccccc2Cl)c1. The van der Waals surface area contributed by atoms with Crippen LogP contribution in [0.5, 0.6) is 5.75 Å². The molecule has 128 valence electrons. The van der Waals surface area contributed by atoms with Crippen LogP contribution >= 0.6 is 11.6 Å². The van der Waals surface area contributed by atoms with Crippen LogP contribution in [0.4, 0.5) is 0 Å². The number of hydrogen-bond donors (Lipinski definition) is 2. The van der Waals surface area contributed by atoms with E-state index in [4.69, 9.17) is 11.6 Å². The zero-order valence-electron chi connectivity index (χ0n) is 13.5. The summed E-state index contributed by atoms with van der Waals surface area (Å²) in [5.74, 6) is 0.0511. The van der Waals surface area contributed by atoms with Crippen LogP contribution in [0.3, 0.4) is 0 Å². The Bertz CT molecular complexity index is 876. The Morgan fingerprint density at radius 3 is 2.84 bits per heavy atom. The second-order valence-corrected chi connectivity index (χ2v) is 6.10. The van der Waals surface area contributed by atoms with E-state index in [1.165, 1.54) is 0 Å². The number of phenols is 1. The Labute approximate surface area is 150 Å². The zero-order chi connectivity index (χ0) is 17.6. The molecule has 0 saturated heterocycles. The molecule has 0 bridgehead atoms. The number of aromatic hydroxyl groups is 1. The summed E-state index contributed by atoms with van der Waals surface area (Å²) in [6.45, 7) is 0.994. The molecule has 0 fully saturated rings. The van der Waals surface area contributed by atoms with Crippen LogP contribution < -0.4 is 5.32 Å². The minimum Gasteiger partial charge on any atom is -0.508 e. The average molecular weight is 356 g/mol. The van der Waals surface area contributed by atoms with Gasteiger partial charge in [0.1, 0.15) is 5.75 Å². The van der Waals surface area contributed by atoms with Crippen molar-refractivity contribution in [2.75, 3.05) is 6.54 Å². The van der Waals surface area contributed by atoms with Crippen LogP contribution in [0.25, 0.3) is 0 Å². The monoisotopic (exact) mass is 355 g/mol. The molecule has 25 heavy (non-hydrogen) atoms. The molecule has 2 N–H and O–H groups in total. The molecule has 0 spiro atoms. The fourth-order valence-corrected chi connectivity index (χ4v) is 2.70. The summed E-state index contributed by atoms with van der Waals surface area (Å²) < 4.78 is 1.69. The van der Waals surface area contributed by atoms with E-state index in [1.807, 2.05) is 30.3 Å². The van der Waals surface area contributed by atoms with E-state index in [-0.39, 0.29) is 11.7 Å². The van der Waals surface area contributed by atoms with E-state index < -0.39 is 0 Å². The molecule has 1 heterocycles. The molecule has 0 aliphatic rings. The van der Waals surface area contributed by atoms with Crippen LogP contribution in [-0.2, 0) is 13.0 Å². The van der Waals surface area contributed by atoms with Gasteiger partial charge in [-0.15, -0.1) is 0 Å². The molecule has 0 atom stereocenters. The highest BCUT2D eigenvalue weighted by Gasteiger charge is 2.09. The smallest absolute Gasteiger partial charge is 0.254 e. The van der Waals surface area contributed by atoms with Crippen LogP contribution in [0, 0.1) is 0 Å². The van der Waals surface area contributed by atoms with E-state index >= 15 is 0 Å². The van der Waals surface area contributed by atoms with Crippen molar-refractivity contribution in [3.63, 3.8) is 0 Å². The van der Waals surface area contributed by atoms with E-state index in [9.17, 15) is 9.90 Å². The summed E-state index contributed by atoms with van der Waals surface area (Å²) in [5, 5.41) is 17.2. The first-order chi connectivity index (χ1) is 12.1. The zero-order valence-corrected chi connectivity index (χ0v) is 14.3. The summed E-state index contributed by atoms with van der Waals surface area (Å²) in [6.07, 6.45) is 3.89. The summed E-state index contributed by atoms with van der Waals surface area (Å²) in [5.41, 5.74) is 2.42. The number of amides is 1. The predicted molar refractivity (Wildman–Crippen MR) is 96.9 cm³/mol. The van der Waals surface area contributed by atoms with Gasteiger partial charge in [-0.05, 0) is 35.7 Å². The molecule has 0 radical (unpaired) electrons. The van der Waals surface area contributed by atoms with E-state index in [1.54, 1.807) is 35.3 Å². The van der Waals surface area contributed by atoms with Gasteiger partial charge in [0.05, 0.1) is 18.3 Å². The van der Waals surface area contributed by atoms with Crippen molar-refractivity contribution >= 4 is 17.5 Å². The van der Waals surface area contributed by atoms with Crippen LogP contribution in [0.1, 0.15) is 21.5 Å². The fourth-order valence-electron chi connectivity index (χ4n) is 2.50. The van der Waals surface area contributed by atoms with Gasteiger partial charge in [0.25, 0.3) is 5.91 Å². The van der Waals surface area contributed by atoms with Crippen molar-refractivity contribution in [2.45, 2.75) is 13.0 Å². The number of nitrogens with one attached hydrogen (secondary N) is 1. The molecule has 0 aliphatic carbocycles. The number of hydrogen-bond acceptors (Lipinski definition) is 3. The standard InChI is InChI=1S/C19H18ClN3O2/c20-18-7-2-1-5-15(18)12-23-13-16(11-22-23)19(25)21-9-8-14-4-3-6-17(24)10-14/h1-7,10-11,13,24H,8-9,12H2,(H,21,25). The van der Waals surface area contributed by atoms with Gasteiger partial charge in [0, 0.05) is 17.8 Å². The van der Waals surface area contributed by atoms with Crippen molar-refractivity contribution in [1.29, 1.82) is 0 Å². The number of rotatable bonds is 6. The first kappa shape index (κ1) is 17.0. The summed E-state index contributed by atoms with van der Waals surface area (Å²) in [4.78, 5) is 12.2. The number of carbonyl (C=O) groups excluding carboxylic acids is 1. The highest BCUT2D eigenvalue weighted by Crippen LogP contribution is 2.16. The first-order valence-corrected chi connectivity index (χ1v) is 8.31. The van der Waals surface area contributed by atoms with E-state index in [2.05, 4.69) is 10.4 Å². The lowest BCUT2D eigenvalue weighted by Gasteiger charge is -2.05.